The van der Waals surface area contributed by atoms with Crippen LogP contribution >= 0.6 is 0 Å². The Morgan fingerprint density at radius 3 is 2.12 bits per heavy atom. The maximum Gasteiger partial charge on any atom is 0.412 e. The third-order valence-corrected chi connectivity index (χ3v) is 2.43. The Kier molecular flexibility index (Phi) is 6.11. The van der Waals surface area contributed by atoms with E-state index in [0.717, 1.165) is 0 Å². The van der Waals surface area contributed by atoms with Gasteiger partial charge in [-0.05, 0) is 39.0 Å². The molecule has 3 amide bonds. The molecule has 1 rings (SSSR count). The first kappa shape index (κ1) is 19.7. The van der Waals surface area contributed by atoms with Crippen LogP contribution in [0.3, 0.4) is 0 Å². The minimum absolute atomic E-state index is 0.237. The topological polar surface area (TPSA) is 79.5 Å². The van der Waals surface area contributed by atoms with Gasteiger partial charge in [0.25, 0.3) is 0 Å². The summed E-state index contributed by atoms with van der Waals surface area (Å²) < 4.78 is 41.3. The second-order valence-corrected chi connectivity index (χ2v) is 6.14. The number of carbonyl (C=O) groups is 2. The van der Waals surface area contributed by atoms with Gasteiger partial charge in [0.1, 0.15) is 20.0 Å². The molecule has 6 nitrogen and oxygen atoms in total. The van der Waals surface area contributed by atoms with E-state index in [-0.39, 0.29) is 5.69 Å². The van der Waals surface area contributed by atoms with Crippen LogP contribution in [0, 0.1) is 0 Å². The van der Waals surface area contributed by atoms with Crippen LogP contribution in [0.4, 0.5) is 34.1 Å². The predicted octanol–water partition coefficient (Wildman–Crippen LogP) is 1.98. The zero-order valence-electron chi connectivity index (χ0n) is 13.8. The third kappa shape index (κ3) is 8.30. The molecule has 132 valence electrons. The van der Waals surface area contributed by atoms with E-state index in [2.05, 4.69) is 10.6 Å². The molecule has 1 aromatic rings. The van der Waals surface area contributed by atoms with Crippen LogP contribution in [0.1, 0.15) is 20.8 Å². The summed E-state index contributed by atoms with van der Waals surface area (Å²) >= 11 is 0. The van der Waals surface area contributed by atoms with Gasteiger partial charge >= 0.3 is 18.3 Å². The number of halogens is 3. The molecular weight excluding hydrogens is 326 g/mol. The molecule has 0 aromatic heterocycles. The molecule has 10 heteroatoms. The predicted molar refractivity (Wildman–Crippen MR) is 87.6 cm³/mol. The molecule has 0 aliphatic rings. The van der Waals surface area contributed by atoms with Crippen LogP contribution in [0.25, 0.3) is 0 Å². The molecule has 0 saturated heterocycles. The molecule has 0 fully saturated rings. The number of hydrogen-bond acceptors (Lipinski definition) is 3. The first-order valence-electron chi connectivity index (χ1n) is 7.07. The first-order chi connectivity index (χ1) is 10.8. The quantitative estimate of drug-likeness (QED) is 0.733. The molecule has 1 aromatic carbocycles. The number of ether oxygens (including phenoxy) is 1. The minimum atomic E-state index is -4.49. The van der Waals surface area contributed by atoms with Gasteiger partial charge in [0.15, 0.2) is 0 Å². The summed E-state index contributed by atoms with van der Waals surface area (Å²) in [7, 11) is 1.71. The monoisotopic (exact) mass is 345 g/mol. The van der Waals surface area contributed by atoms with Gasteiger partial charge in [-0.25, -0.2) is 9.59 Å². The maximum absolute atomic E-state index is 12.1. The minimum Gasteiger partial charge on any atom is -0.444 e. The third-order valence-electron chi connectivity index (χ3n) is 2.43. The molecule has 0 atom stereocenters. The smallest absolute Gasteiger partial charge is 0.412 e. The molecule has 0 spiro atoms. The summed E-state index contributed by atoms with van der Waals surface area (Å²) in [5, 5.41) is 6.47. The average Bonchev–Trinajstić information content (AvgIpc) is 2.32. The van der Waals surface area contributed by atoms with Gasteiger partial charge in [-0.3, -0.25) is 5.32 Å². The van der Waals surface area contributed by atoms with Gasteiger partial charge in [0.05, 0.1) is 0 Å². The molecule has 0 unspecified atom stereocenters. The van der Waals surface area contributed by atoms with E-state index in [1.54, 1.807) is 46.1 Å². The second kappa shape index (κ2) is 7.46. The molecule has 24 heavy (non-hydrogen) atoms. The summed E-state index contributed by atoms with van der Waals surface area (Å²) in [5.41, 5.74) is 0.595. The van der Waals surface area contributed by atoms with Gasteiger partial charge in [0, 0.05) is 11.4 Å². The summed E-state index contributed by atoms with van der Waals surface area (Å²) in [6.45, 7) is 3.69. The lowest BCUT2D eigenvalue weighted by Crippen LogP contribution is -2.36. The fourth-order valence-corrected chi connectivity index (χ4v) is 1.70. The van der Waals surface area contributed by atoms with Crippen molar-refractivity contribution in [1.29, 1.82) is 0 Å². The highest BCUT2D eigenvalue weighted by Gasteiger charge is 2.27. The largest absolute Gasteiger partial charge is 0.444 e. The van der Waals surface area contributed by atoms with Crippen molar-refractivity contribution < 1.29 is 27.5 Å². The van der Waals surface area contributed by atoms with Crippen molar-refractivity contribution in [3.8, 4) is 0 Å². The van der Waals surface area contributed by atoms with Crippen molar-refractivity contribution in [3.63, 3.8) is 0 Å². The van der Waals surface area contributed by atoms with Crippen LogP contribution < -0.4 is 21.4 Å². The van der Waals surface area contributed by atoms with Gasteiger partial charge in [-0.1, -0.05) is 5.46 Å². The van der Waals surface area contributed by atoms with Crippen molar-refractivity contribution in [1.82, 2.24) is 5.32 Å². The van der Waals surface area contributed by atoms with E-state index in [1.807, 2.05) is 0 Å². The molecular formula is C14H19BF3N3O3. The van der Waals surface area contributed by atoms with Crippen LogP contribution in [0.5, 0.6) is 0 Å². The fourth-order valence-electron chi connectivity index (χ4n) is 1.70. The molecule has 0 radical (unpaired) electrons. The molecule has 0 heterocycles. The highest BCUT2D eigenvalue weighted by molar-refractivity contribution is 6.33. The van der Waals surface area contributed by atoms with Gasteiger partial charge < -0.3 is 15.4 Å². The first-order valence-corrected chi connectivity index (χ1v) is 7.07. The van der Waals surface area contributed by atoms with Gasteiger partial charge in [-0.2, -0.15) is 13.2 Å². The van der Waals surface area contributed by atoms with Gasteiger partial charge in [-0.15, -0.1) is 0 Å². The summed E-state index contributed by atoms with van der Waals surface area (Å²) in [4.78, 5) is 23.2. The SMILES string of the molecule is Bc1cc(NC(=O)NCC(F)(F)F)cc(NC(=O)OC(C)(C)C)c1. The number of amides is 3. The zero-order chi connectivity index (χ0) is 18.5. The van der Waals surface area contributed by atoms with E-state index in [0.29, 0.717) is 11.2 Å². The average molecular weight is 345 g/mol. The lowest BCUT2D eigenvalue weighted by Gasteiger charge is -2.20. The van der Waals surface area contributed by atoms with Crippen molar-refractivity contribution in [2.75, 3.05) is 17.2 Å². The van der Waals surface area contributed by atoms with E-state index in [4.69, 9.17) is 4.74 Å². The van der Waals surface area contributed by atoms with E-state index in [1.165, 1.54) is 6.07 Å². The van der Waals surface area contributed by atoms with E-state index in [9.17, 15) is 22.8 Å². The Labute approximate surface area is 138 Å². The number of anilines is 2. The Bertz CT molecular complexity index is 616. The molecule has 3 N–H and O–H groups in total. The lowest BCUT2D eigenvalue weighted by atomic mass is 9.95. The summed E-state index contributed by atoms with van der Waals surface area (Å²) in [6, 6.07) is 3.58. The van der Waals surface area contributed by atoms with Gasteiger partial charge in [0.2, 0.25) is 0 Å². The van der Waals surface area contributed by atoms with Crippen molar-refractivity contribution >= 4 is 36.8 Å². The van der Waals surface area contributed by atoms with Crippen LogP contribution in [0.15, 0.2) is 18.2 Å². The number of nitrogens with one attached hydrogen (secondary N) is 3. The standard InChI is InChI=1S/C14H19BF3N3O3/c1-13(2,3)24-12(23)21-10-5-8(15)4-9(6-10)20-11(22)19-7-14(16,17)18/h4-6H,7,15H2,1-3H3,(H,21,23)(H2,19,20,22). The fraction of sp³-hybridized carbons (Fsp3) is 0.429. The number of alkyl halides is 3. The Morgan fingerprint density at radius 1 is 1.08 bits per heavy atom. The zero-order valence-corrected chi connectivity index (χ0v) is 13.8. The molecule has 0 bridgehead atoms. The number of urea groups is 1. The number of carbonyl (C=O) groups excluding carboxylic acids is 2. The Balaban J connectivity index is 2.72. The highest BCUT2D eigenvalue weighted by atomic mass is 19.4. The van der Waals surface area contributed by atoms with Crippen molar-refractivity contribution in [3.05, 3.63) is 18.2 Å². The molecule has 0 aliphatic carbocycles. The second-order valence-electron chi connectivity index (χ2n) is 6.14. The Morgan fingerprint density at radius 2 is 1.62 bits per heavy atom. The number of rotatable bonds is 3. The normalized spacial score (nSPS) is 11.6. The van der Waals surface area contributed by atoms with E-state index >= 15 is 0 Å². The summed E-state index contributed by atoms with van der Waals surface area (Å²) in [6.07, 6.45) is -5.17. The summed E-state index contributed by atoms with van der Waals surface area (Å²) in [5.74, 6) is 0. The van der Waals surface area contributed by atoms with Crippen molar-refractivity contribution in [2.24, 2.45) is 0 Å². The highest BCUT2D eigenvalue weighted by Crippen LogP contribution is 2.16. The van der Waals surface area contributed by atoms with E-state index < -0.39 is 30.4 Å². The van der Waals surface area contributed by atoms with Crippen LogP contribution in [-0.4, -0.2) is 38.3 Å². The number of benzene rings is 1. The van der Waals surface area contributed by atoms with Crippen LogP contribution in [0.2, 0.25) is 0 Å². The lowest BCUT2D eigenvalue weighted by molar-refractivity contribution is -0.122. The number of hydrogen-bond donors (Lipinski definition) is 3. The Hall–Kier alpha value is -2.39. The van der Waals surface area contributed by atoms with Crippen molar-refractivity contribution in [2.45, 2.75) is 32.5 Å². The molecule has 0 saturated carbocycles. The van der Waals surface area contributed by atoms with Crippen LogP contribution in [-0.2, 0) is 4.74 Å². The molecule has 0 aliphatic heterocycles. The maximum atomic E-state index is 12.1.